The van der Waals surface area contributed by atoms with Gasteiger partial charge in [0.1, 0.15) is 11.6 Å². The van der Waals surface area contributed by atoms with Gasteiger partial charge in [0.15, 0.2) is 0 Å². The third kappa shape index (κ3) is 4.35. The first kappa shape index (κ1) is 16.1. The Hall–Kier alpha value is -1.26. The van der Waals surface area contributed by atoms with E-state index in [9.17, 15) is 8.78 Å². The molecule has 2 aromatic carbocycles. The van der Waals surface area contributed by atoms with Crippen LogP contribution in [0.2, 0.25) is 0 Å². The lowest BCUT2D eigenvalue weighted by Gasteiger charge is -2.21. The molecule has 21 heavy (non-hydrogen) atoms. The third-order valence-corrected chi connectivity index (χ3v) is 4.05. The van der Waals surface area contributed by atoms with Gasteiger partial charge in [0.2, 0.25) is 0 Å². The van der Waals surface area contributed by atoms with E-state index in [0.717, 1.165) is 18.5 Å². The molecule has 112 valence electrons. The second kappa shape index (κ2) is 7.66. The number of nitrogens with one attached hydrogen (secondary N) is 1. The second-order valence-corrected chi connectivity index (χ2v) is 5.82. The summed E-state index contributed by atoms with van der Waals surface area (Å²) in [5, 5.41) is 3.40. The first-order valence-corrected chi connectivity index (χ1v) is 7.83. The Morgan fingerprint density at radius 3 is 2.57 bits per heavy atom. The lowest BCUT2D eigenvalue weighted by molar-refractivity contribution is 0.510. The van der Waals surface area contributed by atoms with E-state index in [1.54, 1.807) is 18.2 Å². The maximum absolute atomic E-state index is 13.9. The molecule has 0 aliphatic carbocycles. The van der Waals surface area contributed by atoms with Crippen LogP contribution in [0.25, 0.3) is 0 Å². The fraction of sp³-hybridized carbons (Fsp3) is 0.294. The highest BCUT2D eigenvalue weighted by atomic mass is 79.9. The van der Waals surface area contributed by atoms with Gasteiger partial charge in [-0.1, -0.05) is 47.1 Å². The molecule has 0 amide bonds. The van der Waals surface area contributed by atoms with Crippen molar-refractivity contribution in [1.29, 1.82) is 0 Å². The quantitative estimate of drug-likeness (QED) is 0.769. The molecule has 0 aromatic heterocycles. The van der Waals surface area contributed by atoms with Crippen molar-refractivity contribution in [2.75, 3.05) is 6.54 Å². The molecule has 4 heteroatoms. The normalized spacial score (nSPS) is 12.4. The van der Waals surface area contributed by atoms with E-state index in [1.165, 1.54) is 18.2 Å². The molecule has 0 aliphatic rings. The molecule has 0 radical (unpaired) electrons. The molecule has 1 nitrogen and oxygen atoms in total. The van der Waals surface area contributed by atoms with Crippen LogP contribution in [0.5, 0.6) is 0 Å². The standard InChI is InChI=1S/C17H18BrF2N/c1-2-9-21-17(10-12-5-3-4-6-16(12)20)14-8-7-13(19)11-15(14)18/h3-8,11,17,21H,2,9-10H2,1H3. The zero-order valence-electron chi connectivity index (χ0n) is 11.9. The van der Waals surface area contributed by atoms with Gasteiger partial charge in [-0.05, 0) is 48.7 Å². The zero-order valence-corrected chi connectivity index (χ0v) is 13.5. The summed E-state index contributed by atoms with van der Waals surface area (Å²) >= 11 is 3.40. The lowest BCUT2D eigenvalue weighted by Crippen LogP contribution is -2.24. The van der Waals surface area contributed by atoms with Gasteiger partial charge in [0, 0.05) is 10.5 Å². The number of hydrogen-bond donors (Lipinski definition) is 1. The molecule has 0 spiro atoms. The molecular weight excluding hydrogens is 336 g/mol. The van der Waals surface area contributed by atoms with Crippen molar-refractivity contribution in [3.8, 4) is 0 Å². The second-order valence-electron chi connectivity index (χ2n) is 4.97. The lowest BCUT2D eigenvalue weighted by atomic mass is 9.98. The highest BCUT2D eigenvalue weighted by Crippen LogP contribution is 2.27. The first-order chi connectivity index (χ1) is 10.1. The zero-order chi connectivity index (χ0) is 15.2. The highest BCUT2D eigenvalue weighted by Gasteiger charge is 2.16. The molecule has 0 saturated heterocycles. The summed E-state index contributed by atoms with van der Waals surface area (Å²) < 4.78 is 27.8. The highest BCUT2D eigenvalue weighted by molar-refractivity contribution is 9.10. The van der Waals surface area contributed by atoms with Crippen molar-refractivity contribution in [2.45, 2.75) is 25.8 Å². The molecule has 2 aromatic rings. The van der Waals surface area contributed by atoms with Crippen LogP contribution in [-0.4, -0.2) is 6.54 Å². The van der Waals surface area contributed by atoms with Gasteiger partial charge < -0.3 is 5.32 Å². The predicted octanol–water partition coefficient (Wildman–Crippen LogP) is 5.01. The fourth-order valence-corrected chi connectivity index (χ4v) is 2.91. The van der Waals surface area contributed by atoms with Crippen LogP contribution in [-0.2, 0) is 6.42 Å². The smallest absolute Gasteiger partial charge is 0.126 e. The van der Waals surface area contributed by atoms with Crippen LogP contribution in [0.15, 0.2) is 46.9 Å². The van der Waals surface area contributed by atoms with Crippen LogP contribution in [0, 0.1) is 11.6 Å². The molecule has 0 aliphatic heterocycles. The Balaban J connectivity index is 2.27. The number of halogens is 3. The maximum Gasteiger partial charge on any atom is 0.126 e. The summed E-state index contributed by atoms with van der Waals surface area (Å²) in [6.45, 7) is 2.90. The van der Waals surface area contributed by atoms with Gasteiger partial charge >= 0.3 is 0 Å². The summed E-state index contributed by atoms with van der Waals surface area (Å²) in [6, 6.07) is 11.3. The van der Waals surface area contributed by atoms with Crippen LogP contribution >= 0.6 is 15.9 Å². The van der Waals surface area contributed by atoms with E-state index < -0.39 is 0 Å². The molecule has 1 unspecified atom stereocenters. The topological polar surface area (TPSA) is 12.0 Å². The van der Waals surface area contributed by atoms with Crippen molar-refractivity contribution < 1.29 is 8.78 Å². The Labute approximate surface area is 132 Å². The minimum Gasteiger partial charge on any atom is -0.310 e. The first-order valence-electron chi connectivity index (χ1n) is 7.03. The van der Waals surface area contributed by atoms with Gasteiger partial charge in [0.25, 0.3) is 0 Å². The van der Waals surface area contributed by atoms with Crippen molar-refractivity contribution in [3.05, 3.63) is 69.7 Å². The summed E-state index contributed by atoms with van der Waals surface area (Å²) in [5.74, 6) is -0.496. The van der Waals surface area contributed by atoms with Crippen molar-refractivity contribution in [2.24, 2.45) is 0 Å². The molecule has 0 heterocycles. The molecule has 0 fully saturated rings. The van der Waals surface area contributed by atoms with E-state index in [0.29, 0.717) is 16.5 Å². The van der Waals surface area contributed by atoms with Crippen LogP contribution in [0.1, 0.15) is 30.5 Å². The molecular formula is C17H18BrF2N. The number of rotatable bonds is 6. The predicted molar refractivity (Wildman–Crippen MR) is 85.2 cm³/mol. The maximum atomic E-state index is 13.9. The van der Waals surface area contributed by atoms with Gasteiger partial charge in [-0.25, -0.2) is 8.78 Å². The van der Waals surface area contributed by atoms with Gasteiger partial charge in [-0.2, -0.15) is 0 Å². The van der Waals surface area contributed by atoms with Crippen molar-refractivity contribution in [3.63, 3.8) is 0 Å². The molecule has 0 bridgehead atoms. The van der Waals surface area contributed by atoms with Gasteiger partial charge in [-0.3, -0.25) is 0 Å². The molecule has 1 atom stereocenters. The number of benzene rings is 2. The molecule has 2 rings (SSSR count). The summed E-state index contributed by atoms with van der Waals surface area (Å²) in [4.78, 5) is 0. The van der Waals surface area contributed by atoms with Crippen molar-refractivity contribution >= 4 is 15.9 Å². The van der Waals surface area contributed by atoms with E-state index in [2.05, 4.69) is 28.2 Å². The van der Waals surface area contributed by atoms with Crippen LogP contribution in [0.3, 0.4) is 0 Å². The summed E-state index contributed by atoms with van der Waals surface area (Å²) in [6.07, 6.45) is 1.50. The Bertz CT molecular complexity index is 601. The largest absolute Gasteiger partial charge is 0.310 e. The minimum atomic E-state index is -0.286. The average Bonchev–Trinajstić information content (AvgIpc) is 2.46. The molecule has 1 N–H and O–H groups in total. The van der Waals surface area contributed by atoms with E-state index >= 15 is 0 Å². The SMILES string of the molecule is CCCNC(Cc1ccccc1F)c1ccc(F)cc1Br. The molecule has 0 saturated carbocycles. The summed E-state index contributed by atoms with van der Waals surface area (Å²) in [7, 11) is 0. The van der Waals surface area contributed by atoms with E-state index in [1.807, 2.05) is 6.07 Å². The van der Waals surface area contributed by atoms with Gasteiger partial charge in [-0.15, -0.1) is 0 Å². The van der Waals surface area contributed by atoms with Crippen molar-refractivity contribution in [1.82, 2.24) is 5.32 Å². The Morgan fingerprint density at radius 2 is 1.90 bits per heavy atom. The summed E-state index contributed by atoms with van der Waals surface area (Å²) in [5.41, 5.74) is 1.59. The van der Waals surface area contributed by atoms with Crippen LogP contribution < -0.4 is 5.32 Å². The minimum absolute atomic E-state index is 0.0585. The Kier molecular flexibility index (Phi) is 5.88. The fourth-order valence-electron chi connectivity index (χ4n) is 2.28. The van der Waals surface area contributed by atoms with Crippen LogP contribution in [0.4, 0.5) is 8.78 Å². The van der Waals surface area contributed by atoms with Gasteiger partial charge in [0.05, 0.1) is 0 Å². The average molecular weight is 354 g/mol. The van der Waals surface area contributed by atoms with E-state index in [-0.39, 0.29) is 17.7 Å². The Morgan fingerprint density at radius 1 is 1.14 bits per heavy atom. The third-order valence-electron chi connectivity index (χ3n) is 3.36. The monoisotopic (exact) mass is 353 g/mol. The number of hydrogen-bond acceptors (Lipinski definition) is 1. The van der Waals surface area contributed by atoms with E-state index in [4.69, 9.17) is 0 Å².